The monoisotopic (exact) mass is 317 g/mol. The summed E-state index contributed by atoms with van der Waals surface area (Å²) in [7, 11) is 0. The third kappa shape index (κ3) is 3.12. The minimum Gasteiger partial charge on any atom is -0.322 e. The van der Waals surface area contributed by atoms with Gasteiger partial charge in [-0.2, -0.15) is 5.10 Å². The van der Waals surface area contributed by atoms with E-state index in [1.807, 2.05) is 13.8 Å². The van der Waals surface area contributed by atoms with E-state index in [4.69, 9.17) is 0 Å². The van der Waals surface area contributed by atoms with E-state index in [1.54, 1.807) is 0 Å². The highest BCUT2D eigenvalue weighted by Gasteiger charge is 2.24. The van der Waals surface area contributed by atoms with E-state index in [2.05, 4.69) is 49.0 Å². The lowest BCUT2D eigenvalue weighted by atomic mass is 10.2. The average molecular weight is 317 g/mol. The number of H-pyrrole nitrogens is 1. The topological polar surface area (TPSA) is 91.7 Å². The number of fused-ring (bicyclic) bond motifs is 1. The molecule has 1 aliphatic rings. The van der Waals surface area contributed by atoms with Crippen LogP contribution in [0.5, 0.6) is 0 Å². The minimum absolute atomic E-state index is 0.0327. The fourth-order valence-electron chi connectivity index (χ4n) is 2.91. The third-order valence-electron chi connectivity index (χ3n) is 4.14. The molecule has 8 heteroatoms. The van der Waals surface area contributed by atoms with E-state index in [-0.39, 0.29) is 5.91 Å². The Bertz CT molecular complexity index is 696. The number of carbonyl (C=O) groups is 1. The summed E-state index contributed by atoms with van der Waals surface area (Å²) in [4.78, 5) is 14.4. The smallest absolute Gasteiger partial charge is 0.238 e. The van der Waals surface area contributed by atoms with Crippen LogP contribution in [0.15, 0.2) is 0 Å². The molecule has 0 bridgehead atoms. The number of nitrogens with one attached hydrogen (secondary N) is 2. The molecule has 0 radical (unpaired) electrons. The number of aryl methyl sites for hydroxylation is 2. The van der Waals surface area contributed by atoms with Crippen LogP contribution < -0.4 is 5.32 Å². The molecule has 124 valence electrons. The predicted molar refractivity (Wildman–Crippen MR) is 86.1 cm³/mol. The Kier molecular flexibility index (Phi) is 4.16. The van der Waals surface area contributed by atoms with Gasteiger partial charge in [0.2, 0.25) is 5.91 Å². The number of hydrogen-bond donors (Lipinski definition) is 2. The molecule has 0 aliphatic carbocycles. The number of hydrogen-bond acceptors (Lipinski definition) is 5. The van der Waals surface area contributed by atoms with Crippen molar-refractivity contribution in [2.24, 2.45) is 0 Å². The molecule has 8 nitrogen and oxygen atoms in total. The summed E-state index contributed by atoms with van der Waals surface area (Å²) in [5.74, 6) is 2.28. The zero-order chi connectivity index (χ0) is 16.6. The second-order valence-corrected chi connectivity index (χ2v) is 6.35. The maximum atomic E-state index is 12.3. The van der Waals surface area contributed by atoms with Crippen LogP contribution in [0.1, 0.15) is 42.8 Å². The van der Waals surface area contributed by atoms with Crippen LogP contribution in [-0.4, -0.2) is 48.9 Å². The summed E-state index contributed by atoms with van der Waals surface area (Å²) in [6.45, 7) is 10.6. The molecule has 2 aromatic rings. The molecule has 0 spiro atoms. The van der Waals surface area contributed by atoms with Crippen molar-refractivity contribution in [2.75, 3.05) is 18.4 Å². The molecule has 3 heterocycles. The first-order valence-electron chi connectivity index (χ1n) is 7.91. The second-order valence-electron chi connectivity index (χ2n) is 6.35. The summed E-state index contributed by atoms with van der Waals surface area (Å²) in [6.07, 6.45) is 0. The zero-order valence-electron chi connectivity index (χ0n) is 14.1. The predicted octanol–water partition coefficient (Wildman–Crippen LogP) is 1.20. The van der Waals surface area contributed by atoms with Gasteiger partial charge < -0.3 is 9.88 Å². The molecule has 2 N–H and O–H groups in total. The zero-order valence-corrected chi connectivity index (χ0v) is 14.1. The first kappa shape index (κ1) is 15.7. The summed E-state index contributed by atoms with van der Waals surface area (Å²) < 4.78 is 2.17. The maximum absolute atomic E-state index is 12.3. The third-order valence-corrected chi connectivity index (χ3v) is 4.14. The van der Waals surface area contributed by atoms with Crippen molar-refractivity contribution in [1.29, 1.82) is 0 Å². The van der Waals surface area contributed by atoms with Gasteiger partial charge in [-0.3, -0.25) is 14.8 Å². The van der Waals surface area contributed by atoms with Crippen LogP contribution in [0, 0.1) is 13.8 Å². The Morgan fingerprint density at radius 2 is 2.09 bits per heavy atom. The standard InChI is InChI=1S/C15H23N7O/c1-9(2)15-20-19-12-7-21(5-6-22(12)15)8-13(23)16-14-10(3)17-18-11(14)4/h9H,5-8H2,1-4H3,(H,16,23)(H,17,18). The molecule has 0 aromatic carbocycles. The molecule has 3 rings (SSSR count). The summed E-state index contributed by atoms with van der Waals surface area (Å²) >= 11 is 0. The van der Waals surface area contributed by atoms with Gasteiger partial charge in [0, 0.05) is 19.0 Å². The normalized spacial score (nSPS) is 15.0. The Morgan fingerprint density at radius 3 is 2.74 bits per heavy atom. The van der Waals surface area contributed by atoms with Crippen molar-refractivity contribution >= 4 is 11.6 Å². The van der Waals surface area contributed by atoms with Gasteiger partial charge in [0.25, 0.3) is 0 Å². The number of nitrogens with zero attached hydrogens (tertiary/aromatic N) is 5. The van der Waals surface area contributed by atoms with Gasteiger partial charge in [-0.15, -0.1) is 10.2 Å². The van der Waals surface area contributed by atoms with E-state index >= 15 is 0 Å². The fraction of sp³-hybridized carbons (Fsp3) is 0.600. The van der Waals surface area contributed by atoms with Crippen LogP contribution in [0.2, 0.25) is 0 Å². The molecule has 23 heavy (non-hydrogen) atoms. The van der Waals surface area contributed by atoms with Gasteiger partial charge in [0.1, 0.15) is 11.6 Å². The lowest BCUT2D eigenvalue weighted by Crippen LogP contribution is -2.39. The molecule has 0 atom stereocenters. The van der Waals surface area contributed by atoms with Crippen molar-refractivity contribution < 1.29 is 4.79 Å². The van der Waals surface area contributed by atoms with Crippen LogP contribution in [0.4, 0.5) is 5.69 Å². The fourth-order valence-corrected chi connectivity index (χ4v) is 2.91. The van der Waals surface area contributed by atoms with Gasteiger partial charge in [-0.05, 0) is 13.8 Å². The summed E-state index contributed by atoms with van der Waals surface area (Å²) in [6, 6.07) is 0. The number of aromatic amines is 1. The van der Waals surface area contributed by atoms with Gasteiger partial charge in [-0.25, -0.2) is 0 Å². The van der Waals surface area contributed by atoms with Crippen LogP contribution in [0.25, 0.3) is 0 Å². The molecule has 0 fully saturated rings. The van der Waals surface area contributed by atoms with Crippen molar-refractivity contribution in [1.82, 2.24) is 29.9 Å². The quantitative estimate of drug-likeness (QED) is 0.884. The minimum atomic E-state index is -0.0327. The lowest BCUT2D eigenvalue weighted by Gasteiger charge is -2.27. The van der Waals surface area contributed by atoms with Gasteiger partial charge in [0.05, 0.1) is 30.2 Å². The average Bonchev–Trinajstić information content (AvgIpc) is 3.05. The van der Waals surface area contributed by atoms with E-state index in [0.717, 1.165) is 41.8 Å². The first-order valence-corrected chi connectivity index (χ1v) is 7.91. The molecule has 0 saturated heterocycles. The molecule has 0 saturated carbocycles. The maximum Gasteiger partial charge on any atom is 0.238 e. The highest BCUT2D eigenvalue weighted by molar-refractivity contribution is 5.93. The molecule has 1 aliphatic heterocycles. The van der Waals surface area contributed by atoms with E-state index in [1.165, 1.54) is 0 Å². The number of amides is 1. The highest BCUT2D eigenvalue weighted by Crippen LogP contribution is 2.19. The molecular formula is C15H23N7O. The number of aromatic nitrogens is 5. The Hall–Kier alpha value is -2.22. The lowest BCUT2D eigenvalue weighted by molar-refractivity contribution is -0.117. The Labute approximate surface area is 135 Å². The molecular weight excluding hydrogens is 294 g/mol. The summed E-state index contributed by atoms with van der Waals surface area (Å²) in [5, 5.41) is 18.4. The van der Waals surface area contributed by atoms with Gasteiger partial charge in [0.15, 0.2) is 0 Å². The van der Waals surface area contributed by atoms with Crippen LogP contribution in [0.3, 0.4) is 0 Å². The summed E-state index contributed by atoms with van der Waals surface area (Å²) in [5.41, 5.74) is 2.45. The van der Waals surface area contributed by atoms with E-state index in [0.29, 0.717) is 19.0 Å². The van der Waals surface area contributed by atoms with Crippen molar-refractivity contribution in [3.63, 3.8) is 0 Å². The van der Waals surface area contributed by atoms with Crippen molar-refractivity contribution in [2.45, 2.75) is 46.7 Å². The largest absolute Gasteiger partial charge is 0.322 e. The van der Waals surface area contributed by atoms with Crippen molar-refractivity contribution in [3.05, 3.63) is 23.0 Å². The Morgan fingerprint density at radius 1 is 1.30 bits per heavy atom. The van der Waals surface area contributed by atoms with E-state index in [9.17, 15) is 4.79 Å². The number of carbonyl (C=O) groups excluding carboxylic acids is 1. The first-order chi connectivity index (χ1) is 11.0. The van der Waals surface area contributed by atoms with Gasteiger partial charge in [-0.1, -0.05) is 13.8 Å². The van der Waals surface area contributed by atoms with E-state index < -0.39 is 0 Å². The van der Waals surface area contributed by atoms with Crippen molar-refractivity contribution in [3.8, 4) is 0 Å². The second kappa shape index (κ2) is 6.11. The number of anilines is 1. The molecule has 2 aromatic heterocycles. The number of rotatable bonds is 4. The van der Waals surface area contributed by atoms with Crippen LogP contribution in [-0.2, 0) is 17.9 Å². The molecule has 0 unspecified atom stereocenters. The van der Waals surface area contributed by atoms with Crippen LogP contribution >= 0.6 is 0 Å². The SMILES string of the molecule is Cc1n[nH]c(C)c1NC(=O)CN1CCn2c(nnc2C(C)C)C1. The molecule has 1 amide bonds. The highest BCUT2D eigenvalue weighted by atomic mass is 16.2. The Balaban J connectivity index is 1.62. The van der Waals surface area contributed by atoms with Gasteiger partial charge >= 0.3 is 0 Å².